The molecule has 4 aromatic carbocycles. The fraction of sp³-hybridized carbons (Fsp3) is 0.111. The van der Waals surface area contributed by atoms with Crippen molar-refractivity contribution in [1.82, 2.24) is 5.43 Å². The maximum Gasteiger partial charge on any atom is 0.271 e. The molecular formula is C27H21BrCl2N2O3. The predicted octanol–water partition coefficient (Wildman–Crippen LogP) is 7.65. The molecule has 0 fully saturated rings. The maximum atomic E-state index is 12.7. The predicted molar refractivity (Wildman–Crippen MR) is 145 cm³/mol. The third kappa shape index (κ3) is 6.14. The van der Waals surface area contributed by atoms with E-state index in [0.717, 1.165) is 21.9 Å². The van der Waals surface area contributed by atoms with Crippen molar-refractivity contribution < 1.29 is 14.3 Å². The Bertz CT molecular complexity index is 1400. The lowest BCUT2D eigenvalue weighted by Gasteiger charge is -2.15. The van der Waals surface area contributed by atoms with E-state index in [4.69, 9.17) is 32.7 Å². The molecule has 0 aliphatic rings. The zero-order valence-electron chi connectivity index (χ0n) is 18.7. The van der Waals surface area contributed by atoms with E-state index >= 15 is 0 Å². The molecule has 8 heteroatoms. The number of rotatable bonds is 8. The number of hydrogen-bond acceptors (Lipinski definition) is 4. The van der Waals surface area contributed by atoms with Crippen LogP contribution in [0.1, 0.15) is 28.4 Å². The number of ether oxygens (including phenoxy) is 2. The fourth-order valence-electron chi connectivity index (χ4n) is 3.50. The Morgan fingerprint density at radius 1 is 1.03 bits per heavy atom. The molecule has 0 aromatic heterocycles. The number of halogens is 3. The Labute approximate surface area is 221 Å². The van der Waals surface area contributed by atoms with Gasteiger partial charge in [0.1, 0.15) is 6.61 Å². The van der Waals surface area contributed by atoms with Gasteiger partial charge in [0.05, 0.1) is 17.3 Å². The van der Waals surface area contributed by atoms with Crippen LogP contribution < -0.4 is 14.9 Å². The third-order valence-electron chi connectivity index (χ3n) is 5.13. The normalized spacial score (nSPS) is 11.1. The molecule has 0 heterocycles. The van der Waals surface area contributed by atoms with E-state index < -0.39 is 0 Å². The van der Waals surface area contributed by atoms with Crippen LogP contribution in [0.4, 0.5) is 0 Å². The molecule has 0 aliphatic heterocycles. The van der Waals surface area contributed by atoms with Crippen LogP contribution in [0, 0.1) is 0 Å². The van der Waals surface area contributed by atoms with Crippen LogP contribution in [0.25, 0.3) is 10.8 Å². The molecule has 1 amide bonds. The number of amides is 1. The first-order valence-electron chi connectivity index (χ1n) is 10.8. The molecule has 5 nitrogen and oxygen atoms in total. The first kappa shape index (κ1) is 25.0. The second-order valence-electron chi connectivity index (χ2n) is 7.51. The van der Waals surface area contributed by atoms with Gasteiger partial charge in [-0.3, -0.25) is 4.79 Å². The van der Waals surface area contributed by atoms with E-state index in [1.807, 2.05) is 55.5 Å². The van der Waals surface area contributed by atoms with Gasteiger partial charge in [0.2, 0.25) is 0 Å². The topological polar surface area (TPSA) is 59.9 Å². The van der Waals surface area contributed by atoms with Gasteiger partial charge in [0, 0.05) is 21.2 Å². The van der Waals surface area contributed by atoms with Gasteiger partial charge >= 0.3 is 0 Å². The van der Waals surface area contributed by atoms with Crippen LogP contribution in [0.5, 0.6) is 11.5 Å². The quantitative estimate of drug-likeness (QED) is 0.174. The zero-order chi connectivity index (χ0) is 24.8. The van der Waals surface area contributed by atoms with Crippen LogP contribution in [0.15, 0.2) is 82.4 Å². The van der Waals surface area contributed by atoms with Crippen LogP contribution in [0.2, 0.25) is 10.0 Å². The van der Waals surface area contributed by atoms with Crippen LogP contribution >= 0.6 is 39.1 Å². The van der Waals surface area contributed by atoms with Gasteiger partial charge in [0.15, 0.2) is 11.5 Å². The van der Waals surface area contributed by atoms with Crippen LogP contribution in [0.3, 0.4) is 0 Å². The summed E-state index contributed by atoms with van der Waals surface area (Å²) >= 11 is 15.8. The number of fused-ring (bicyclic) bond motifs is 1. The molecule has 0 saturated heterocycles. The average molecular weight is 572 g/mol. The molecule has 0 saturated carbocycles. The average Bonchev–Trinajstić information content (AvgIpc) is 2.84. The standard InChI is InChI=1S/C27H21BrCl2N2O3/c1-2-34-25-13-17(12-23(28)26(25)35-16-19-10-11-20(29)14-24(19)30)15-31-32-27(33)22-9-5-7-18-6-3-4-8-21(18)22/h3-15H,2,16H2,1H3,(H,32,33)/b31-15+. The van der Waals surface area contributed by atoms with Crippen molar-refractivity contribution >= 4 is 62.0 Å². The van der Waals surface area contributed by atoms with Gasteiger partial charge < -0.3 is 9.47 Å². The second kappa shape index (κ2) is 11.6. The highest BCUT2D eigenvalue weighted by Crippen LogP contribution is 2.37. The lowest BCUT2D eigenvalue weighted by Crippen LogP contribution is -2.17. The molecular weight excluding hydrogens is 551 g/mol. The number of carbonyl (C=O) groups excluding carboxylic acids is 1. The summed E-state index contributed by atoms with van der Waals surface area (Å²) in [6, 6.07) is 22.2. The Kier molecular flexibility index (Phi) is 8.29. The van der Waals surface area contributed by atoms with E-state index in [2.05, 4.69) is 26.5 Å². The van der Waals surface area contributed by atoms with Crippen molar-refractivity contribution in [3.63, 3.8) is 0 Å². The van der Waals surface area contributed by atoms with Gasteiger partial charge in [-0.05, 0) is 69.5 Å². The first-order chi connectivity index (χ1) is 17.0. The Hall–Kier alpha value is -3.06. The number of hydrazone groups is 1. The third-order valence-corrected chi connectivity index (χ3v) is 6.31. The second-order valence-corrected chi connectivity index (χ2v) is 9.21. The summed E-state index contributed by atoms with van der Waals surface area (Å²) in [6.07, 6.45) is 1.55. The Morgan fingerprint density at radius 3 is 2.63 bits per heavy atom. The molecule has 4 aromatic rings. The molecule has 0 bridgehead atoms. The van der Waals surface area contributed by atoms with Crippen molar-refractivity contribution in [1.29, 1.82) is 0 Å². The lowest BCUT2D eigenvalue weighted by atomic mass is 10.0. The van der Waals surface area contributed by atoms with Crippen molar-refractivity contribution in [2.24, 2.45) is 5.10 Å². The molecule has 35 heavy (non-hydrogen) atoms. The minimum Gasteiger partial charge on any atom is -0.490 e. The van der Waals surface area contributed by atoms with Crippen LogP contribution in [-0.4, -0.2) is 18.7 Å². The van der Waals surface area contributed by atoms with Crippen LogP contribution in [-0.2, 0) is 6.61 Å². The molecule has 178 valence electrons. The van der Waals surface area contributed by atoms with Crippen molar-refractivity contribution in [3.05, 3.63) is 104 Å². The summed E-state index contributed by atoms with van der Waals surface area (Å²) in [7, 11) is 0. The smallest absolute Gasteiger partial charge is 0.271 e. The van der Waals surface area contributed by atoms with E-state index in [1.165, 1.54) is 0 Å². The monoisotopic (exact) mass is 570 g/mol. The SMILES string of the molecule is CCOc1cc(/C=N/NC(=O)c2cccc3ccccc23)cc(Br)c1OCc1ccc(Cl)cc1Cl. The van der Waals surface area contributed by atoms with Crippen molar-refractivity contribution in [2.45, 2.75) is 13.5 Å². The molecule has 4 rings (SSSR count). The number of carbonyl (C=O) groups is 1. The minimum absolute atomic E-state index is 0.239. The number of hydrogen-bond donors (Lipinski definition) is 1. The van der Waals surface area contributed by atoms with Gasteiger partial charge in [0.25, 0.3) is 5.91 Å². The fourth-order valence-corrected chi connectivity index (χ4v) is 4.54. The maximum absolute atomic E-state index is 12.7. The summed E-state index contributed by atoms with van der Waals surface area (Å²) in [5.74, 6) is 0.783. The van der Waals surface area contributed by atoms with Gasteiger partial charge in [-0.15, -0.1) is 0 Å². The molecule has 0 unspecified atom stereocenters. The Balaban J connectivity index is 1.50. The number of benzene rings is 4. The van der Waals surface area contributed by atoms with E-state index in [1.54, 1.807) is 30.5 Å². The van der Waals surface area contributed by atoms with Crippen molar-refractivity contribution in [3.8, 4) is 11.5 Å². The molecule has 1 N–H and O–H groups in total. The van der Waals surface area contributed by atoms with Crippen molar-refractivity contribution in [2.75, 3.05) is 6.61 Å². The van der Waals surface area contributed by atoms with E-state index in [-0.39, 0.29) is 12.5 Å². The minimum atomic E-state index is -0.290. The first-order valence-corrected chi connectivity index (χ1v) is 12.4. The summed E-state index contributed by atoms with van der Waals surface area (Å²) in [4.78, 5) is 12.7. The highest BCUT2D eigenvalue weighted by molar-refractivity contribution is 9.10. The number of nitrogens with one attached hydrogen (secondary N) is 1. The van der Waals surface area contributed by atoms with E-state index in [9.17, 15) is 4.79 Å². The van der Waals surface area contributed by atoms with Gasteiger partial charge in [-0.1, -0.05) is 65.7 Å². The molecule has 0 aliphatic carbocycles. The van der Waals surface area contributed by atoms with E-state index in [0.29, 0.717) is 38.2 Å². The lowest BCUT2D eigenvalue weighted by molar-refractivity contribution is 0.0957. The number of nitrogens with zero attached hydrogens (tertiary/aromatic N) is 1. The molecule has 0 radical (unpaired) electrons. The van der Waals surface area contributed by atoms with Gasteiger partial charge in [-0.25, -0.2) is 5.43 Å². The summed E-state index contributed by atoms with van der Waals surface area (Å²) in [6.45, 7) is 2.57. The van der Waals surface area contributed by atoms with Gasteiger partial charge in [-0.2, -0.15) is 5.10 Å². The molecule has 0 atom stereocenters. The summed E-state index contributed by atoms with van der Waals surface area (Å²) < 4.78 is 12.5. The highest BCUT2D eigenvalue weighted by Gasteiger charge is 2.14. The highest BCUT2D eigenvalue weighted by atomic mass is 79.9. The largest absolute Gasteiger partial charge is 0.490 e. The Morgan fingerprint density at radius 2 is 1.83 bits per heavy atom. The summed E-state index contributed by atoms with van der Waals surface area (Å²) in [5, 5.41) is 7.08. The summed E-state index contributed by atoms with van der Waals surface area (Å²) in [5.41, 5.74) is 4.67. The zero-order valence-corrected chi connectivity index (χ0v) is 21.8. The molecule has 0 spiro atoms.